The van der Waals surface area contributed by atoms with E-state index in [0.29, 0.717) is 32.5 Å². The second-order valence-electron chi connectivity index (χ2n) is 7.08. The highest BCUT2D eigenvalue weighted by atomic mass is 16.5. The summed E-state index contributed by atoms with van der Waals surface area (Å²) in [4.78, 5) is 26.7. The predicted octanol–water partition coefficient (Wildman–Crippen LogP) is 2.54. The third kappa shape index (κ3) is 5.30. The van der Waals surface area contributed by atoms with Crippen molar-refractivity contribution in [1.29, 1.82) is 0 Å². The topological polar surface area (TPSA) is 58.6 Å². The quantitative estimate of drug-likeness (QED) is 0.699. The van der Waals surface area contributed by atoms with Crippen molar-refractivity contribution in [2.45, 2.75) is 58.1 Å². The first-order valence-corrected chi connectivity index (χ1v) is 9.18. The maximum absolute atomic E-state index is 12.7. The van der Waals surface area contributed by atoms with Crippen LogP contribution in [-0.4, -0.2) is 48.1 Å². The molecule has 1 aliphatic heterocycles. The Kier molecular flexibility index (Phi) is 7.00. The van der Waals surface area contributed by atoms with E-state index in [1.807, 2.05) is 51.1 Å². The smallest absolute Gasteiger partial charge is 0.245 e. The molecule has 1 atom stereocenters. The summed E-state index contributed by atoms with van der Waals surface area (Å²) < 4.78 is 5.48. The molecule has 1 heterocycles. The summed E-state index contributed by atoms with van der Waals surface area (Å²) in [7, 11) is 0. The minimum Gasteiger partial charge on any atom is -0.379 e. The van der Waals surface area contributed by atoms with Crippen LogP contribution in [0.4, 0.5) is 0 Å². The first-order valence-electron chi connectivity index (χ1n) is 9.18. The Hall–Kier alpha value is -1.88. The van der Waals surface area contributed by atoms with Crippen molar-refractivity contribution in [3.63, 3.8) is 0 Å². The van der Waals surface area contributed by atoms with E-state index in [1.165, 1.54) is 5.56 Å². The standard InChI is InChI=1S/C20H30N2O3/c1-16(2)25-15-7-13-21-19(24)20(3)12-10-18(23)22(20)14-11-17-8-5-4-6-9-17/h4-6,8-9,16H,7,10-15H2,1-3H3,(H,21,24)/t20-/m1/s1. The number of amides is 2. The molecule has 1 aromatic carbocycles. The summed E-state index contributed by atoms with van der Waals surface area (Å²) in [5, 5.41) is 2.97. The molecule has 0 radical (unpaired) electrons. The molecule has 2 rings (SSSR count). The summed E-state index contributed by atoms with van der Waals surface area (Å²) in [5.41, 5.74) is 0.431. The molecule has 25 heavy (non-hydrogen) atoms. The van der Waals surface area contributed by atoms with Crippen molar-refractivity contribution in [2.75, 3.05) is 19.7 Å². The van der Waals surface area contributed by atoms with Gasteiger partial charge in [0.05, 0.1) is 6.10 Å². The van der Waals surface area contributed by atoms with E-state index in [-0.39, 0.29) is 17.9 Å². The Bertz CT molecular complexity index is 574. The average Bonchev–Trinajstić information content (AvgIpc) is 2.89. The number of carbonyl (C=O) groups is 2. The Morgan fingerprint density at radius 2 is 2.04 bits per heavy atom. The molecule has 0 aromatic heterocycles. The second-order valence-corrected chi connectivity index (χ2v) is 7.08. The van der Waals surface area contributed by atoms with Gasteiger partial charge in [0.15, 0.2) is 0 Å². The number of benzene rings is 1. The zero-order valence-electron chi connectivity index (χ0n) is 15.6. The summed E-state index contributed by atoms with van der Waals surface area (Å²) in [6, 6.07) is 10.1. The lowest BCUT2D eigenvalue weighted by molar-refractivity contribution is -0.140. The van der Waals surface area contributed by atoms with Crippen molar-refractivity contribution in [3.8, 4) is 0 Å². The zero-order chi connectivity index (χ0) is 18.3. The molecule has 1 aromatic rings. The fourth-order valence-electron chi connectivity index (χ4n) is 3.17. The van der Waals surface area contributed by atoms with Gasteiger partial charge in [-0.25, -0.2) is 0 Å². The van der Waals surface area contributed by atoms with Crippen molar-refractivity contribution in [1.82, 2.24) is 10.2 Å². The molecule has 138 valence electrons. The van der Waals surface area contributed by atoms with Crippen LogP contribution in [0.3, 0.4) is 0 Å². The number of likely N-dealkylation sites (tertiary alicyclic amines) is 1. The molecule has 0 aliphatic carbocycles. The first kappa shape index (κ1) is 19.4. The minimum atomic E-state index is -0.745. The molecule has 1 aliphatic rings. The Labute approximate surface area is 150 Å². The van der Waals surface area contributed by atoms with Gasteiger partial charge in [0, 0.05) is 26.1 Å². The van der Waals surface area contributed by atoms with Crippen molar-refractivity contribution in [2.24, 2.45) is 0 Å². The normalized spacial score (nSPS) is 20.3. The summed E-state index contributed by atoms with van der Waals surface area (Å²) in [5.74, 6) is 0.00711. The fraction of sp³-hybridized carbons (Fsp3) is 0.600. The number of nitrogens with one attached hydrogen (secondary N) is 1. The Balaban J connectivity index is 1.87. The average molecular weight is 346 g/mol. The third-order valence-corrected chi connectivity index (χ3v) is 4.74. The molecule has 0 spiro atoms. The van der Waals surface area contributed by atoms with Gasteiger partial charge >= 0.3 is 0 Å². The lowest BCUT2D eigenvalue weighted by atomic mass is 9.97. The molecular formula is C20H30N2O3. The van der Waals surface area contributed by atoms with Gasteiger partial charge in [-0.3, -0.25) is 9.59 Å². The Morgan fingerprint density at radius 1 is 1.32 bits per heavy atom. The van der Waals surface area contributed by atoms with Crippen LogP contribution in [0.5, 0.6) is 0 Å². The number of ether oxygens (including phenoxy) is 1. The van der Waals surface area contributed by atoms with Crippen LogP contribution in [0, 0.1) is 0 Å². The molecule has 5 nitrogen and oxygen atoms in total. The highest BCUT2D eigenvalue weighted by Crippen LogP contribution is 2.30. The minimum absolute atomic E-state index is 0.0593. The van der Waals surface area contributed by atoms with Crippen molar-refractivity contribution in [3.05, 3.63) is 35.9 Å². The molecular weight excluding hydrogens is 316 g/mol. The summed E-state index contributed by atoms with van der Waals surface area (Å²) in [6.07, 6.45) is 2.76. The van der Waals surface area contributed by atoms with Crippen LogP contribution >= 0.6 is 0 Å². The molecule has 1 fully saturated rings. The molecule has 1 N–H and O–H groups in total. The van der Waals surface area contributed by atoms with Gasteiger partial charge < -0.3 is 15.0 Å². The van der Waals surface area contributed by atoms with E-state index in [9.17, 15) is 9.59 Å². The fourth-order valence-corrected chi connectivity index (χ4v) is 3.17. The van der Waals surface area contributed by atoms with Gasteiger partial charge in [-0.05, 0) is 45.6 Å². The van der Waals surface area contributed by atoms with Crippen LogP contribution in [0.2, 0.25) is 0 Å². The van der Waals surface area contributed by atoms with Gasteiger partial charge in [-0.15, -0.1) is 0 Å². The monoisotopic (exact) mass is 346 g/mol. The van der Waals surface area contributed by atoms with Crippen LogP contribution in [-0.2, 0) is 20.7 Å². The lowest BCUT2D eigenvalue weighted by Crippen LogP contribution is -2.55. The number of rotatable bonds is 9. The zero-order valence-corrected chi connectivity index (χ0v) is 15.6. The van der Waals surface area contributed by atoms with Gasteiger partial charge in [-0.1, -0.05) is 30.3 Å². The predicted molar refractivity (Wildman–Crippen MR) is 98.2 cm³/mol. The molecule has 1 saturated heterocycles. The number of hydrogen-bond donors (Lipinski definition) is 1. The molecule has 5 heteroatoms. The first-order chi connectivity index (χ1) is 11.9. The maximum Gasteiger partial charge on any atom is 0.245 e. The highest BCUT2D eigenvalue weighted by Gasteiger charge is 2.46. The van der Waals surface area contributed by atoms with Gasteiger partial charge in [0.2, 0.25) is 11.8 Å². The third-order valence-electron chi connectivity index (χ3n) is 4.74. The lowest BCUT2D eigenvalue weighted by Gasteiger charge is -2.34. The van der Waals surface area contributed by atoms with Crippen molar-refractivity contribution < 1.29 is 14.3 Å². The molecule has 0 unspecified atom stereocenters. The second kappa shape index (κ2) is 8.99. The molecule has 0 bridgehead atoms. The van der Waals surface area contributed by atoms with Gasteiger partial charge in [-0.2, -0.15) is 0 Å². The van der Waals surface area contributed by atoms with E-state index in [2.05, 4.69) is 5.32 Å². The molecule has 2 amide bonds. The van der Waals surface area contributed by atoms with Crippen LogP contribution in [0.1, 0.15) is 45.6 Å². The van der Waals surface area contributed by atoms with Gasteiger partial charge in [0.1, 0.15) is 5.54 Å². The number of hydrogen-bond acceptors (Lipinski definition) is 3. The SMILES string of the molecule is CC(C)OCCCNC(=O)[C@@]1(C)CCC(=O)N1CCc1ccccc1. The number of nitrogens with zero attached hydrogens (tertiary/aromatic N) is 1. The largest absolute Gasteiger partial charge is 0.379 e. The summed E-state index contributed by atoms with van der Waals surface area (Å²) >= 11 is 0. The van der Waals surface area contributed by atoms with E-state index in [1.54, 1.807) is 4.90 Å². The van der Waals surface area contributed by atoms with Crippen LogP contribution in [0.15, 0.2) is 30.3 Å². The van der Waals surface area contributed by atoms with E-state index < -0.39 is 5.54 Å². The number of carbonyl (C=O) groups excluding carboxylic acids is 2. The van der Waals surface area contributed by atoms with Crippen molar-refractivity contribution >= 4 is 11.8 Å². The van der Waals surface area contributed by atoms with E-state index in [4.69, 9.17) is 4.74 Å². The van der Waals surface area contributed by atoms with E-state index in [0.717, 1.165) is 12.8 Å². The van der Waals surface area contributed by atoms with Gasteiger partial charge in [0.25, 0.3) is 0 Å². The maximum atomic E-state index is 12.7. The summed E-state index contributed by atoms with van der Waals surface area (Å²) in [6.45, 7) is 7.64. The Morgan fingerprint density at radius 3 is 2.72 bits per heavy atom. The molecule has 0 saturated carbocycles. The van der Waals surface area contributed by atoms with Crippen LogP contribution in [0.25, 0.3) is 0 Å². The van der Waals surface area contributed by atoms with E-state index >= 15 is 0 Å². The van der Waals surface area contributed by atoms with Crippen LogP contribution < -0.4 is 5.32 Å². The highest BCUT2D eigenvalue weighted by molar-refractivity contribution is 5.94.